The number of cyclic esters (lactones) is 1. The van der Waals surface area contributed by atoms with Gasteiger partial charge in [0.05, 0.1) is 20.8 Å². The molecule has 2 aliphatic rings. The van der Waals surface area contributed by atoms with E-state index < -0.39 is 0 Å². The molecular formula is C21H20O7. The molecule has 2 aromatic rings. The number of esters is 1. The van der Waals surface area contributed by atoms with Gasteiger partial charge >= 0.3 is 5.97 Å². The van der Waals surface area contributed by atoms with Crippen molar-refractivity contribution in [1.82, 2.24) is 0 Å². The summed E-state index contributed by atoms with van der Waals surface area (Å²) in [6, 6.07) is 8.97. The van der Waals surface area contributed by atoms with Crippen molar-refractivity contribution in [2.75, 3.05) is 27.6 Å². The molecule has 0 unspecified atom stereocenters. The number of carbonyl (C=O) groups is 1. The number of benzene rings is 2. The highest BCUT2D eigenvalue weighted by atomic mass is 16.7. The van der Waals surface area contributed by atoms with Gasteiger partial charge in [0.15, 0.2) is 23.0 Å². The Morgan fingerprint density at radius 2 is 1.93 bits per heavy atom. The average molecular weight is 384 g/mol. The van der Waals surface area contributed by atoms with Gasteiger partial charge in [-0.2, -0.15) is 0 Å². The van der Waals surface area contributed by atoms with Crippen LogP contribution in [-0.2, 0) is 16.0 Å². The van der Waals surface area contributed by atoms with Crippen LogP contribution in [0.15, 0.2) is 35.9 Å². The molecule has 2 aromatic carbocycles. The zero-order valence-electron chi connectivity index (χ0n) is 15.6. The van der Waals surface area contributed by atoms with Gasteiger partial charge in [0.2, 0.25) is 12.5 Å². The van der Waals surface area contributed by atoms with Crippen molar-refractivity contribution >= 4 is 12.0 Å². The van der Waals surface area contributed by atoms with Crippen LogP contribution < -0.4 is 18.9 Å². The average Bonchev–Trinajstić information content (AvgIpc) is 3.29. The van der Waals surface area contributed by atoms with Crippen LogP contribution in [0, 0.1) is 5.92 Å². The predicted molar refractivity (Wildman–Crippen MR) is 99.9 cm³/mol. The van der Waals surface area contributed by atoms with Crippen LogP contribution in [0.5, 0.6) is 28.7 Å². The fourth-order valence-corrected chi connectivity index (χ4v) is 3.44. The lowest BCUT2D eigenvalue weighted by Gasteiger charge is -2.12. The van der Waals surface area contributed by atoms with Crippen molar-refractivity contribution < 1.29 is 33.6 Å². The number of phenols is 1. The van der Waals surface area contributed by atoms with Gasteiger partial charge in [0.25, 0.3) is 0 Å². The van der Waals surface area contributed by atoms with Crippen molar-refractivity contribution in [1.29, 1.82) is 0 Å². The Morgan fingerprint density at radius 3 is 2.71 bits per heavy atom. The highest BCUT2D eigenvalue weighted by Gasteiger charge is 2.31. The van der Waals surface area contributed by atoms with Gasteiger partial charge in [-0.05, 0) is 47.9 Å². The summed E-state index contributed by atoms with van der Waals surface area (Å²) >= 11 is 0. The number of phenolic OH excluding ortho intramolecular Hbond substituents is 1. The summed E-state index contributed by atoms with van der Waals surface area (Å²) in [6.45, 7) is 0.524. The van der Waals surface area contributed by atoms with Crippen LogP contribution in [0.4, 0.5) is 0 Å². The number of ether oxygens (including phenoxy) is 5. The number of rotatable bonds is 5. The van der Waals surface area contributed by atoms with E-state index in [0.717, 1.165) is 11.3 Å². The summed E-state index contributed by atoms with van der Waals surface area (Å²) in [4.78, 5) is 12.3. The maximum atomic E-state index is 12.3. The standard InChI is InChI=1S/C21H20O7/c1-24-19-9-13(7-16(22)20(19)25-2)6-15-14(10-26-21(15)23)5-12-3-4-17-18(8-12)28-11-27-17/h3-4,6-9,14,22H,5,10-11H2,1-2H3/t14-/m1/s1. The third kappa shape index (κ3) is 3.31. The van der Waals surface area contributed by atoms with Gasteiger partial charge in [-0.3, -0.25) is 0 Å². The van der Waals surface area contributed by atoms with Gasteiger partial charge in [-0.25, -0.2) is 4.79 Å². The van der Waals surface area contributed by atoms with Gasteiger partial charge in [-0.1, -0.05) is 6.07 Å². The Balaban J connectivity index is 1.62. The van der Waals surface area contributed by atoms with E-state index in [1.165, 1.54) is 20.3 Å². The minimum absolute atomic E-state index is 0.0626. The third-order valence-electron chi connectivity index (χ3n) is 4.81. The van der Waals surface area contributed by atoms with Gasteiger partial charge in [0.1, 0.15) is 0 Å². The number of carbonyl (C=O) groups excluding carboxylic acids is 1. The van der Waals surface area contributed by atoms with Crippen LogP contribution in [0.1, 0.15) is 11.1 Å². The molecule has 2 aliphatic heterocycles. The first-order chi connectivity index (χ1) is 13.6. The van der Waals surface area contributed by atoms with Crippen molar-refractivity contribution in [2.24, 2.45) is 5.92 Å². The molecule has 0 aromatic heterocycles. The summed E-state index contributed by atoms with van der Waals surface area (Å²) in [5, 5.41) is 10.2. The zero-order chi connectivity index (χ0) is 19.7. The summed E-state index contributed by atoms with van der Waals surface area (Å²) in [7, 11) is 2.94. The molecule has 1 saturated heterocycles. The van der Waals surface area contributed by atoms with E-state index in [0.29, 0.717) is 35.7 Å². The highest BCUT2D eigenvalue weighted by Crippen LogP contribution is 2.39. The second-order valence-corrected chi connectivity index (χ2v) is 6.56. The second-order valence-electron chi connectivity index (χ2n) is 6.56. The first-order valence-corrected chi connectivity index (χ1v) is 8.81. The quantitative estimate of drug-likeness (QED) is 0.627. The van der Waals surface area contributed by atoms with Crippen LogP contribution in [0.3, 0.4) is 0 Å². The summed E-state index contributed by atoms with van der Waals surface area (Å²) < 4.78 is 26.4. The molecule has 0 radical (unpaired) electrons. The molecule has 4 rings (SSSR count). The number of fused-ring (bicyclic) bond motifs is 1. The number of hydrogen-bond acceptors (Lipinski definition) is 7. The molecule has 7 heteroatoms. The third-order valence-corrected chi connectivity index (χ3v) is 4.81. The van der Waals surface area contributed by atoms with Crippen LogP contribution >= 0.6 is 0 Å². The van der Waals surface area contributed by atoms with E-state index in [4.69, 9.17) is 23.7 Å². The van der Waals surface area contributed by atoms with Gasteiger partial charge in [-0.15, -0.1) is 0 Å². The van der Waals surface area contributed by atoms with Gasteiger partial charge < -0.3 is 28.8 Å². The van der Waals surface area contributed by atoms with E-state index in [2.05, 4.69) is 0 Å². The lowest BCUT2D eigenvalue weighted by molar-refractivity contribution is -0.135. The van der Waals surface area contributed by atoms with Crippen LogP contribution in [0.2, 0.25) is 0 Å². The van der Waals surface area contributed by atoms with Crippen molar-refractivity contribution in [2.45, 2.75) is 6.42 Å². The normalized spacial score (nSPS) is 19.0. The molecule has 0 amide bonds. The van der Waals surface area contributed by atoms with Crippen LogP contribution in [-0.4, -0.2) is 38.7 Å². The molecule has 0 saturated carbocycles. The maximum Gasteiger partial charge on any atom is 0.334 e. The Morgan fingerprint density at radius 1 is 1.11 bits per heavy atom. The fraction of sp³-hybridized carbons (Fsp3) is 0.286. The fourth-order valence-electron chi connectivity index (χ4n) is 3.44. The van der Waals surface area contributed by atoms with E-state index in [9.17, 15) is 9.90 Å². The Bertz CT molecular complexity index is 948. The molecule has 1 atom stereocenters. The smallest absolute Gasteiger partial charge is 0.334 e. The summed E-state index contributed by atoms with van der Waals surface area (Å²) in [5.74, 6) is 1.52. The molecule has 146 valence electrons. The zero-order valence-corrected chi connectivity index (χ0v) is 15.6. The van der Waals surface area contributed by atoms with E-state index >= 15 is 0 Å². The lowest BCUT2D eigenvalue weighted by atomic mass is 9.92. The molecule has 1 fully saturated rings. The highest BCUT2D eigenvalue weighted by molar-refractivity contribution is 5.96. The first-order valence-electron chi connectivity index (χ1n) is 8.81. The molecule has 2 heterocycles. The molecule has 7 nitrogen and oxygen atoms in total. The molecule has 0 aliphatic carbocycles. The Kier molecular flexibility index (Phi) is 4.73. The van der Waals surface area contributed by atoms with Crippen molar-refractivity contribution in [3.63, 3.8) is 0 Å². The first kappa shape index (κ1) is 18.0. The summed E-state index contributed by atoms with van der Waals surface area (Å²) in [5.41, 5.74) is 2.19. The summed E-state index contributed by atoms with van der Waals surface area (Å²) in [6.07, 6.45) is 2.34. The number of methoxy groups -OCH3 is 2. The van der Waals surface area contributed by atoms with Gasteiger partial charge in [0, 0.05) is 11.5 Å². The van der Waals surface area contributed by atoms with E-state index in [1.807, 2.05) is 18.2 Å². The molecule has 28 heavy (non-hydrogen) atoms. The molecule has 0 spiro atoms. The van der Waals surface area contributed by atoms with Crippen LogP contribution in [0.25, 0.3) is 6.08 Å². The van der Waals surface area contributed by atoms with Crippen molar-refractivity contribution in [3.05, 3.63) is 47.0 Å². The Labute approximate surface area is 162 Å². The van der Waals surface area contributed by atoms with E-state index in [-0.39, 0.29) is 30.2 Å². The number of hydrogen-bond donors (Lipinski definition) is 1. The minimum atomic E-state index is -0.361. The SMILES string of the molecule is COc1cc(C=C2C(=O)OC[C@H]2Cc2ccc3c(c2)OCO3)cc(O)c1OC. The molecule has 1 N–H and O–H groups in total. The molecule has 0 bridgehead atoms. The van der Waals surface area contributed by atoms with Crippen molar-refractivity contribution in [3.8, 4) is 28.7 Å². The topological polar surface area (TPSA) is 83.5 Å². The minimum Gasteiger partial charge on any atom is -0.504 e. The monoisotopic (exact) mass is 384 g/mol. The lowest BCUT2D eigenvalue weighted by Crippen LogP contribution is -2.07. The number of aromatic hydroxyl groups is 1. The van der Waals surface area contributed by atoms with E-state index in [1.54, 1.807) is 12.1 Å². The maximum absolute atomic E-state index is 12.3. The molecular weight excluding hydrogens is 364 g/mol. The largest absolute Gasteiger partial charge is 0.504 e. The second kappa shape index (κ2) is 7.34. The Hall–Kier alpha value is -3.35. The predicted octanol–water partition coefficient (Wildman–Crippen LogP) is 2.94.